The van der Waals surface area contributed by atoms with Gasteiger partial charge in [-0.1, -0.05) is 26.0 Å². The van der Waals surface area contributed by atoms with E-state index in [1.165, 1.54) is 10.7 Å². The smallest absolute Gasteiger partial charge is 0.276 e. The van der Waals surface area contributed by atoms with Gasteiger partial charge in [0, 0.05) is 18.4 Å². The molecule has 7 heteroatoms. The minimum Gasteiger partial charge on any atom is -0.492 e. The van der Waals surface area contributed by atoms with Gasteiger partial charge in [0.2, 0.25) is 0 Å². The van der Waals surface area contributed by atoms with Gasteiger partial charge < -0.3 is 15.0 Å². The molecule has 29 heavy (non-hydrogen) atoms. The van der Waals surface area contributed by atoms with E-state index in [-0.39, 0.29) is 17.3 Å². The second kappa shape index (κ2) is 9.84. The fourth-order valence-corrected chi connectivity index (χ4v) is 2.88. The van der Waals surface area contributed by atoms with Gasteiger partial charge in [0.15, 0.2) is 5.69 Å². The SMILES string of the molecule is CCN(CC)CCOc1ccc(NC(=O)c2ccn(-c3ccccc3F)n2)cc1. The molecular weight excluding hydrogens is 371 g/mol. The van der Waals surface area contributed by atoms with Gasteiger partial charge in [-0.15, -0.1) is 0 Å². The lowest BCUT2D eigenvalue weighted by molar-refractivity contribution is 0.102. The molecule has 1 amide bonds. The summed E-state index contributed by atoms with van der Waals surface area (Å²) in [6, 6.07) is 15.0. The number of carbonyl (C=O) groups is 1. The van der Waals surface area contributed by atoms with Crippen molar-refractivity contribution in [1.82, 2.24) is 14.7 Å². The van der Waals surface area contributed by atoms with Crippen LogP contribution in [-0.2, 0) is 0 Å². The molecule has 1 heterocycles. The number of benzene rings is 2. The molecule has 3 rings (SSSR count). The molecule has 1 N–H and O–H groups in total. The number of rotatable bonds is 9. The van der Waals surface area contributed by atoms with E-state index in [0.29, 0.717) is 12.3 Å². The molecule has 0 saturated carbocycles. The maximum atomic E-state index is 13.9. The third-order valence-electron chi connectivity index (χ3n) is 4.60. The van der Waals surface area contributed by atoms with Crippen LogP contribution in [0.3, 0.4) is 0 Å². The van der Waals surface area contributed by atoms with Crippen LogP contribution in [0, 0.1) is 5.82 Å². The first-order valence-electron chi connectivity index (χ1n) is 9.67. The van der Waals surface area contributed by atoms with Crippen LogP contribution >= 0.6 is 0 Å². The predicted octanol–water partition coefficient (Wildman–Crippen LogP) is 3.98. The zero-order valence-corrected chi connectivity index (χ0v) is 16.6. The van der Waals surface area contributed by atoms with Crippen molar-refractivity contribution in [1.29, 1.82) is 0 Å². The molecule has 0 fully saturated rings. The number of amides is 1. The Balaban J connectivity index is 1.56. The van der Waals surface area contributed by atoms with Crippen molar-refractivity contribution in [2.45, 2.75) is 13.8 Å². The summed E-state index contributed by atoms with van der Waals surface area (Å²) in [4.78, 5) is 14.7. The molecule has 0 bridgehead atoms. The molecule has 0 unspecified atom stereocenters. The molecule has 3 aromatic rings. The quantitative estimate of drug-likeness (QED) is 0.594. The van der Waals surface area contributed by atoms with Crippen LogP contribution < -0.4 is 10.1 Å². The molecule has 0 spiro atoms. The van der Waals surface area contributed by atoms with Crippen LogP contribution in [-0.4, -0.2) is 46.8 Å². The fraction of sp³-hybridized carbons (Fsp3) is 0.273. The van der Waals surface area contributed by atoms with E-state index in [0.717, 1.165) is 25.4 Å². The van der Waals surface area contributed by atoms with Crippen LogP contribution in [0.4, 0.5) is 10.1 Å². The summed E-state index contributed by atoms with van der Waals surface area (Å²) in [6.07, 6.45) is 1.56. The lowest BCUT2D eigenvalue weighted by Crippen LogP contribution is -2.27. The van der Waals surface area contributed by atoms with Crippen molar-refractivity contribution in [3.05, 3.63) is 72.3 Å². The van der Waals surface area contributed by atoms with Gasteiger partial charge in [-0.25, -0.2) is 9.07 Å². The van der Waals surface area contributed by atoms with E-state index >= 15 is 0 Å². The summed E-state index contributed by atoms with van der Waals surface area (Å²) >= 11 is 0. The Morgan fingerprint density at radius 2 is 1.83 bits per heavy atom. The Morgan fingerprint density at radius 1 is 1.10 bits per heavy atom. The maximum Gasteiger partial charge on any atom is 0.276 e. The number of anilines is 1. The van der Waals surface area contributed by atoms with Gasteiger partial charge in [0.25, 0.3) is 5.91 Å². The Kier molecular flexibility index (Phi) is 6.97. The van der Waals surface area contributed by atoms with Crippen molar-refractivity contribution in [3.8, 4) is 11.4 Å². The molecule has 1 aromatic heterocycles. The monoisotopic (exact) mass is 396 g/mol. The van der Waals surface area contributed by atoms with Crippen LogP contribution in [0.25, 0.3) is 5.69 Å². The largest absolute Gasteiger partial charge is 0.492 e. The van der Waals surface area contributed by atoms with Crippen molar-refractivity contribution in [2.24, 2.45) is 0 Å². The summed E-state index contributed by atoms with van der Waals surface area (Å²) in [6.45, 7) is 7.73. The highest BCUT2D eigenvalue weighted by Gasteiger charge is 2.12. The summed E-state index contributed by atoms with van der Waals surface area (Å²) in [5, 5.41) is 6.95. The van der Waals surface area contributed by atoms with Gasteiger partial charge >= 0.3 is 0 Å². The van der Waals surface area contributed by atoms with E-state index in [4.69, 9.17) is 4.74 Å². The zero-order chi connectivity index (χ0) is 20.6. The van der Waals surface area contributed by atoms with Gasteiger partial charge in [0.05, 0.1) is 0 Å². The number of para-hydroxylation sites is 1. The first-order valence-corrected chi connectivity index (χ1v) is 9.67. The lowest BCUT2D eigenvalue weighted by atomic mass is 10.3. The predicted molar refractivity (Wildman–Crippen MR) is 111 cm³/mol. The molecule has 0 radical (unpaired) electrons. The van der Waals surface area contributed by atoms with E-state index in [2.05, 4.69) is 29.2 Å². The van der Waals surface area contributed by atoms with E-state index < -0.39 is 5.82 Å². The molecular formula is C22H25FN4O2. The lowest BCUT2D eigenvalue weighted by Gasteiger charge is -2.18. The highest BCUT2D eigenvalue weighted by atomic mass is 19.1. The molecule has 152 valence electrons. The second-order valence-corrected chi connectivity index (χ2v) is 6.45. The van der Waals surface area contributed by atoms with Crippen molar-refractivity contribution >= 4 is 11.6 Å². The van der Waals surface area contributed by atoms with Crippen molar-refractivity contribution in [3.63, 3.8) is 0 Å². The van der Waals surface area contributed by atoms with Gasteiger partial charge in [0.1, 0.15) is 23.9 Å². The standard InChI is InChI=1S/C22H25FN4O2/c1-3-26(4-2)15-16-29-18-11-9-17(10-12-18)24-22(28)20-13-14-27(25-20)21-8-6-5-7-19(21)23/h5-14H,3-4,15-16H2,1-2H3,(H,24,28). The third kappa shape index (κ3) is 5.42. The minimum absolute atomic E-state index is 0.202. The normalized spacial score (nSPS) is 10.9. The summed E-state index contributed by atoms with van der Waals surface area (Å²) in [5.74, 6) is -0.0200. The summed E-state index contributed by atoms with van der Waals surface area (Å²) in [7, 11) is 0. The molecule has 0 aliphatic rings. The fourth-order valence-electron chi connectivity index (χ4n) is 2.88. The maximum absolute atomic E-state index is 13.9. The van der Waals surface area contributed by atoms with E-state index in [1.54, 1.807) is 42.6 Å². The number of hydrogen-bond donors (Lipinski definition) is 1. The topological polar surface area (TPSA) is 59.4 Å². The van der Waals surface area contributed by atoms with E-state index in [1.807, 2.05) is 12.1 Å². The Morgan fingerprint density at radius 3 is 2.52 bits per heavy atom. The molecule has 2 aromatic carbocycles. The second-order valence-electron chi connectivity index (χ2n) is 6.45. The van der Waals surface area contributed by atoms with Crippen LogP contribution in [0.1, 0.15) is 24.3 Å². The number of ether oxygens (including phenoxy) is 1. The average molecular weight is 396 g/mol. The molecule has 6 nitrogen and oxygen atoms in total. The van der Waals surface area contributed by atoms with Crippen molar-refractivity contribution in [2.75, 3.05) is 31.6 Å². The summed E-state index contributed by atoms with van der Waals surface area (Å²) < 4.78 is 21.0. The molecule has 0 saturated heterocycles. The average Bonchev–Trinajstić information content (AvgIpc) is 3.23. The van der Waals surface area contributed by atoms with Gasteiger partial charge in [-0.3, -0.25) is 4.79 Å². The number of hydrogen-bond acceptors (Lipinski definition) is 4. The highest BCUT2D eigenvalue weighted by molar-refractivity contribution is 6.02. The number of carbonyl (C=O) groups excluding carboxylic acids is 1. The first kappa shape index (κ1) is 20.5. The van der Waals surface area contributed by atoms with Crippen LogP contribution in [0.2, 0.25) is 0 Å². The van der Waals surface area contributed by atoms with Crippen LogP contribution in [0.5, 0.6) is 5.75 Å². The Hall–Kier alpha value is -3.19. The summed E-state index contributed by atoms with van der Waals surface area (Å²) in [5.41, 5.74) is 1.12. The van der Waals surface area contributed by atoms with Gasteiger partial charge in [-0.05, 0) is 55.6 Å². The Labute approximate surface area is 169 Å². The van der Waals surface area contributed by atoms with Crippen LogP contribution in [0.15, 0.2) is 60.8 Å². The molecule has 0 atom stereocenters. The number of nitrogens with one attached hydrogen (secondary N) is 1. The number of aromatic nitrogens is 2. The molecule has 0 aliphatic carbocycles. The number of likely N-dealkylation sites (N-methyl/N-ethyl adjacent to an activating group) is 1. The van der Waals surface area contributed by atoms with E-state index in [9.17, 15) is 9.18 Å². The minimum atomic E-state index is -0.404. The van der Waals surface area contributed by atoms with Crippen molar-refractivity contribution < 1.29 is 13.9 Å². The Bertz CT molecular complexity index is 936. The molecule has 0 aliphatic heterocycles. The van der Waals surface area contributed by atoms with Gasteiger partial charge in [-0.2, -0.15) is 5.10 Å². The first-order chi connectivity index (χ1) is 14.1. The zero-order valence-electron chi connectivity index (χ0n) is 16.6. The highest BCUT2D eigenvalue weighted by Crippen LogP contribution is 2.17. The number of nitrogens with zero attached hydrogens (tertiary/aromatic N) is 3. The third-order valence-corrected chi connectivity index (χ3v) is 4.60. The number of halogens is 1.